The number of rotatable bonds is 6. The van der Waals surface area contributed by atoms with Crippen molar-refractivity contribution in [2.45, 2.75) is 23.3 Å². The summed E-state index contributed by atoms with van der Waals surface area (Å²) >= 11 is 7.19. The third-order valence-electron chi connectivity index (χ3n) is 4.87. The highest BCUT2D eigenvalue weighted by molar-refractivity contribution is 7.93. The van der Waals surface area contributed by atoms with Crippen molar-refractivity contribution in [3.8, 4) is 0 Å². The summed E-state index contributed by atoms with van der Waals surface area (Å²) in [6.45, 7) is 0. The summed E-state index contributed by atoms with van der Waals surface area (Å²) in [5, 5.41) is 11.5. The Morgan fingerprint density at radius 1 is 1.17 bits per heavy atom. The molecule has 2 heterocycles. The molecule has 0 radical (unpaired) electrons. The molecule has 2 atom stereocenters. The first kappa shape index (κ1) is 20.5. The number of Topliss-reactive ketones (excluding diaryl/α,β-unsaturated/α-hetero) is 1. The Morgan fingerprint density at radius 2 is 1.90 bits per heavy atom. The lowest BCUT2D eigenvalue weighted by Crippen LogP contribution is -2.45. The molecule has 0 fully saturated rings. The van der Waals surface area contributed by atoms with E-state index in [-0.39, 0.29) is 15.6 Å². The quantitative estimate of drug-likeness (QED) is 0.558. The van der Waals surface area contributed by atoms with Gasteiger partial charge in [-0.05, 0) is 35.9 Å². The number of carbonyl (C=O) groups excluding carboxylic acids is 1. The van der Waals surface area contributed by atoms with Crippen molar-refractivity contribution < 1.29 is 23.1 Å². The first-order valence-electron chi connectivity index (χ1n) is 8.85. The van der Waals surface area contributed by atoms with Gasteiger partial charge in [0.05, 0.1) is 17.0 Å². The number of carboxylic acids is 1. The summed E-state index contributed by atoms with van der Waals surface area (Å²) in [5.74, 6) is -2.61. The Bertz CT molecular complexity index is 1210. The maximum atomic E-state index is 13.6. The van der Waals surface area contributed by atoms with Crippen LogP contribution in [-0.4, -0.2) is 36.3 Å². The molecule has 7 nitrogen and oxygen atoms in total. The van der Waals surface area contributed by atoms with E-state index in [1.54, 1.807) is 23.6 Å². The zero-order chi connectivity index (χ0) is 21.5. The Labute approximate surface area is 181 Å². The van der Waals surface area contributed by atoms with E-state index in [4.69, 9.17) is 11.6 Å². The number of hydrogen-bond donors (Lipinski definition) is 1. The molecule has 0 amide bonds. The maximum Gasteiger partial charge on any atom is 0.304 e. The fourth-order valence-electron chi connectivity index (χ4n) is 3.66. The van der Waals surface area contributed by atoms with Gasteiger partial charge in [0.15, 0.2) is 5.01 Å². The predicted octanol–water partition coefficient (Wildman–Crippen LogP) is 3.82. The van der Waals surface area contributed by atoms with Crippen LogP contribution < -0.4 is 4.31 Å². The van der Waals surface area contributed by atoms with Crippen LogP contribution in [0.2, 0.25) is 5.02 Å². The van der Waals surface area contributed by atoms with Crippen LogP contribution >= 0.6 is 22.9 Å². The van der Waals surface area contributed by atoms with Crippen molar-refractivity contribution in [3.63, 3.8) is 0 Å². The molecular formula is C20H15ClN2O5S2. The lowest BCUT2D eigenvalue weighted by molar-refractivity contribution is -0.137. The van der Waals surface area contributed by atoms with E-state index >= 15 is 0 Å². The van der Waals surface area contributed by atoms with Crippen molar-refractivity contribution >= 4 is 50.4 Å². The van der Waals surface area contributed by atoms with Crippen LogP contribution in [0.25, 0.3) is 0 Å². The number of thiazole rings is 1. The number of anilines is 1. The molecular weight excluding hydrogens is 448 g/mol. The van der Waals surface area contributed by atoms with Gasteiger partial charge in [0, 0.05) is 22.5 Å². The summed E-state index contributed by atoms with van der Waals surface area (Å²) in [6.07, 6.45) is 1.01. The number of aromatic nitrogens is 1. The van der Waals surface area contributed by atoms with Crippen LogP contribution in [0, 0.1) is 0 Å². The lowest BCUT2D eigenvalue weighted by atomic mass is 9.90. The van der Waals surface area contributed by atoms with Crippen LogP contribution in [0.1, 0.15) is 27.7 Å². The van der Waals surface area contributed by atoms with Crippen molar-refractivity contribution in [1.82, 2.24) is 4.98 Å². The molecule has 3 aromatic rings. The Morgan fingerprint density at radius 3 is 2.53 bits per heavy atom. The second-order valence-corrected chi connectivity index (χ2v) is 9.81. The molecule has 0 saturated carbocycles. The van der Waals surface area contributed by atoms with E-state index in [0.29, 0.717) is 10.6 Å². The molecule has 2 aromatic carbocycles. The zero-order valence-corrected chi connectivity index (χ0v) is 17.7. The highest BCUT2D eigenvalue weighted by atomic mass is 35.5. The Kier molecular flexibility index (Phi) is 5.35. The molecule has 154 valence electrons. The van der Waals surface area contributed by atoms with Crippen molar-refractivity contribution in [1.29, 1.82) is 0 Å². The van der Waals surface area contributed by atoms with Gasteiger partial charge < -0.3 is 5.11 Å². The smallest absolute Gasteiger partial charge is 0.304 e. The van der Waals surface area contributed by atoms with Crippen LogP contribution in [-0.2, 0) is 14.8 Å². The van der Waals surface area contributed by atoms with Crippen molar-refractivity contribution in [3.05, 3.63) is 75.7 Å². The molecule has 1 aliphatic heterocycles. The van der Waals surface area contributed by atoms with E-state index in [1.807, 2.05) is 0 Å². The molecule has 0 saturated heterocycles. The van der Waals surface area contributed by atoms with Gasteiger partial charge in [-0.15, -0.1) is 11.3 Å². The van der Waals surface area contributed by atoms with Gasteiger partial charge in [-0.3, -0.25) is 13.9 Å². The molecule has 2 unspecified atom stereocenters. The van der Waals surface area contributed by atoms with Gasteiger partial charge in [-0.25, -0.2) is 13.4 Å². The SMILES string of the molecule is O=C(O)CC1c2cc(Cl)ccc2N(S(=O)(=O)c2ccccc2)C1C(=O)c1nccs1. The van der Waals surface area contributed by atoms with E-state index in [0.717, 1.165) is 15.6 Å². The van der Waals surface area contributed by atoms with Gasteiger partial charge in [0.1, 0.15) is 6.04 Å². The van der Waals surface area contributed by atoms with Crippen LogP contribution in [0.5, 0.6) is 0 Å². The second kappa shape index (κ2) is 7.82. The predicted molar refractivity (Wildman–Crippen MR) is 113 cm³/mol. The minimum atomic E-state index is -4.17. The number of carboxylic acid groups (broad SMARTS) is 1. The molecule has 30 heavy (non-hydrogen) atoms. The Balaban J connectivity index is 1.95. The van der Waals surface area contributed by atoms with Crippen molar-refractivity contribution in [2.24, 2.45) is 0 Å². The monoisotopic (exact) mass is 462 g/mol. The molecule has 4 rings (SSSR count). The second-order valence-electron chi connectivity index (χ2n) is 6.67. The number of aliphatic carboxylic acids is 1. The van der Waals surface area contributed by atoms with E-state index < -0.39 is 40.2 Å². The number of carbonyl (C=O) groups is 2. The zero-order valence-electron chi connectivity index (χ0n) is 15.3. The number of ketones is 1. The van der Waals surface area contributed by atoms with E-state index in [1.165, 1.54) is 36.5 Å². The van der Waals surface area contributed by atoms with Crippen LogP contribution in [0.3, 0.4) is 0 Å². The third-order valence-corrected chi connectivity index (χ3v) is 7.70. The van der Waals surface area contributed by atoms with E-state index in [9.17, 15) is 23.1 Å². The largest absolute Gasteiger partial charge is 0.481 e. The highest BCUT2D eigenvalue weighted by Gasteiger charge is 2.50. The summed E-state index contributed by atoms with van der Waals surface area (Å²) in [5.41, 5.74) is 0.642. The molecule has 0 aliphatic carbocycles. The Hall–Kier alpha value is -2.75. The lowest BCUT2D eigenvalue weighted by Gasteiger charge is -2.27. The van der Waals surface area contributed by atoms with Gasteiger partial charge in [-0.1, -0.05) is 29.8 Å². The number of halogens is 1. The number of benzene rings is 2. The molecule has 0 spiro atoms. The van der Waals surface area contributed by atoms with Gasteiger partial charge in [0.25, 0.3) is 10.0 Å². The fraction of sp³-hybridized carbons (Fsp3) is 0.150. The topological polar surface area (TPSA) is 105 Å². The van der Waals surface area contributed by atoms with Crippen molar-refractivity contribution in [2.75, 3.05) is 4.31 Å². The minimum absolute atomic E-state index is 0.00110. The van der Waals surface area contributed by atoms with Gasteiger partial charge >= 0.3 is 5.97 Å². The summed E-state index contributed by atoms with van der Waals surface area (Å²) < 4.78 is 28.2. The number of hydrogen-bond acceptors (Lipinski definition) is 6. The summed E-state index contributed by atoms with van der Waals surface area (Å²) in [6, 6.07) is 11.0. The van der Waals surface area contributed by atoms with Crippen LogP contribution in [0.4, 0.5) is 5.69 Å². The number of sulfonamides is 1. The average molecular weight is 463 g/mol. The fourth-order valence-corrected chi connectivity index (χ4v) is 6.15. The standard InChI is InChI=1S/C20H15ClN2O5S2/c21-12-6-7-16-14(10-12)15(11-17(24)25)18(19(26)20-22-8-9-29-20)23(16)30(27,28)13-4-2-1-3-5-13/h1-10,15,18H,11H2,(H,24,25). The highest BCUT2D eigenvalue weighted by Crippen LogP contribution is 2.47. The first-order chi connectivity index (χ1) is 14.3. The van der Waals surface area contributed by atoms with Gasteiger partial charge in [0.2, 0.25) is 5.78 Å². The maximum absolute atomic E-state index is 13.6. The first-order valence-corrected chi connectivity index (χ1v) is 11.5. The number of fused-ring (bicyclic) bond motifs is 1. The normalized spacial score (nSPS) is 18.2. The molecule has 1 N–H and O–H groups in total. The molecule has 1 aliphatic rings. The molecule has 0 bridgehead atoms. The van der Waals surface area contributed by atoms with Crippen LogP contribution in [0.15, 0.2) is 65.0 Å². The van der Waals surface area contributed by atoms with E-state index in [2.05, 4.69) is 4.98 Å². The molecule has 10 heteroatoms. The molecule has 1 aromatic heterocycles. The summed E-state index contributed by atoms with van der Waals surface area (Å²) in [7, 11) is -4.17. The number of nitrogens with zero attached hydrogens (tertiary/aromatic N) is 2. The average Bonchev–Trinajstić information content (AvgIpc) is 3.35. The minimum Gasteiger partial charge on any atom is -0.481 e. The van der Waals surface area contributed by atoms with Gasteiger partial charge in [-0.2, -0.15) is 0 Å². The summed E-state index contributed by atoms with van der Waals surface area (Å²) in [4.78, 5) is 29.0. The third kappa shape index (κ3) is 3.49.